The van der Waals surface area contributed by atoms with Crippen molar-refractivity contribution in [1.82, 2.24) is 25.5 Å². The van der Waals surface area contributed by atoms with Crippen LogP contribution in [0.1, 0.15) is 73.1 Å². The summed E-state index contributed by atoms with van der Waals surface area (Å²) in [6.45, 7) is 2.95. The van der Waals surface area contributed by atoms with Crippen molar-refractivity contribution in [3.63, 3.8) is 0 Å². The average Bonchev–Trinajstić information content (AvgIpc) is 3.69. The number of carbonyl (C=O) groups is 2. The molecule has 3 atom stereocenters. The third-order valence-electron chi connectivity index (χ3n) is 10.2. The van der Waals surface area contributed by atoms with Gasteiger partial charge in [-0.15, -0.1) is 5.92 Å². The number of alkyl halides is 3. The molecule has 0 saturated carbocycles. The number of nitrogens with two attached hydrogens (primary N) is 1. The van der Waals surface area contributed by atoms with Crippen LogP contribution >= 0.6 is 0 Å². The largest absolute Gasteiger partial charge is 0.461 e. The second kappa shape index (κ2) is 12.1. The van der Waals surface area contributed by atoms with E-state index in [1.807, 2.05) is 0 Å². The first-order valence-electron chi connectivity index (χ1n) is 16.0. The number of halogens is 5. The van der Waals surface area contributed by atoms with E-state index in [1.54, 1.807) is 4.90 Å². The number of carbonyl (C=O) groups excluding carboxylic acids is 2. The fourth-order valence-corrected chi connectivity index (χ4v) is 7.99. The normalized spacial score (nSPS) is 27.5. The molecule has 1 aromatic carbocycles. The molecule has 1 aromatic heterocycles. The molecule has 49 heavy (non-hydrogen) atoms. The summed E-state index contributed by atoms with van der Waals surface area (Å²) in [5.74, 6) is 3.42. The lowest BCUT2D eigenvalue weighted by Gasteiger charge is -2.40. The minimum atomic E-state index is -4.98. The molecule has 260 valence electrons. The molecule has 0 bridgehead atoms. The van der Waals surface area contributed by atoms with Gasteiger partial charge < -0.3 is 25.4 Å². The van der Waals surface area contributed by atoms with E-state index in [9.17, 15) is 27.2 Å². The van der Waals surface area contributed by atoms with E-state index in [4.69, 9.17) is 20.2 Å². The molecule has 0 unspecified atom stereocenters. The Kier molecular flexibility index (Phi) is 8.18. The lowest BCUT2D eigenvalue weighted by atomic mass is 9.88. The molecule has 2 aromatic rings. The van der Waals surface area contributed by atoms with Crippen molar-refractivity contribution < 1.29 is 41.0 Å². The molecule has 4 saturated heterocycles. The van der Waals surface area contributed by atoms with Gasteiger partial charge in [-0.1, -0.05) is 5.92 Å². The van der Waals surface area contributed by atoms with Gasteiger partial charge in [0.2, 0.25) is 0 Å². The number of ether oxygens (including phenoxy) is 2. The molecule has 4 fully saturated rings. The van der Waals surface area contributed by atoms with E-state index >= 15 is 4.39 Å². The predicted molar refractivity (Wildman–Crippen MR) is 165 cm³/mol. The van der Waals surface area contributed by atoms with Crippen LogP contribution in [-0.4, -0.2) is 70.7 Å². The van der Waals surface area contributed by atoms with Crippen molar-refractivity contribution in [2.75, 3.05) is 43.4 Å². The van der Waals surface area contributed by atoms with E-state index in [0.717, 1.165) is 25.5 Å². The number of nitrogens with one attached hydrogen (secondary N) is 2. The maximum atomic E-state index is 15.6. The Morgan fingerprint density at radius 2 is 2.02 bits per heavy atom. The fraction of sp³-hybridized carbons (Fsp3) is 0.515. The summed E-state index contributed by atoms with van der Waals surface area (Å²) in [5.41, 5.74) is 2.51. The van der Waals surface area contributed by atoms with Crippen LogP contribution in [0.15, 0.2) is 18.0 Å². The summed E-state index contributed by atoms with van der Waals surface area (Å²) in [6.07, 6.45) is -3.05. The van der Waals surface area contributed by atoms with Crippen LogP contribution in [0.5, 0.6) is 6.01 Å². The number of aromatic nitrogens is 2. The number of imide groups is 1. The molecule has 0 radical (unpaired) electrons. The Bertz CT molecular complexity index is 1820. The first kappa shape index (κ1) is 33.0. The SMILES string of the molecule is CC#Cc1cc(N)c(F)c([C@@H]2Cc3nc(OC[C@@]45CCCN4C/C(=C/F)C5)nc(N4CCC[C@@]5(C4)NC(=O)NC5=O)c3CO2)c1C(F)(F)F. The van der Waals surface area contributed by atoms with Gasteiger partial charge in [0, 0.05) is 36.2 Å². The van der Waals surface area contributed by atoms with Gasteiger partial charge in [-0.05, 0) is 57.2 Å². The second-order valence-corrected chi connectivity index (χ2v) is 13.2. The third kappa shape index (κ3) is 5.72. The Hall–Kier alpha value is -4.49. The predicted octanol–water partition coefficient (Wildman–Crippen LogP) is 4.05. The van der Waals surface area contributed by atoms with Crippen molar-refractivity contribution in [2.24, 2.45) is 0 Å². The van der Waals surface area contributed by atoms with Crippen LogP contribution < -0.4 is 26.0 Å². The maximum absolute atomic E-state index is 15.6. The van der Waals surface area contributed by atoms with Crippen LogP contribution in [0.3, 0.4) is 0 Å². The van der Waals surface area contributed by atoms with Gasteiger partial charge in [-0.2, -0.15) is 23.1 Å². The third-order valence-corrected chi connectivity index (χ3v) is 10.2. The van der Waals surface area contributed by atoms with Gasteiger partial charge in [0.1, 0.15) is 18.0 Å². The molecule has 16 heteroatoms. The highest BCUT2D eigenvalue weighted by Gasteiger charge is 2.50. The Morgan fingerprint density at radius 1 is 1.22 bits per heavy atom. The number of amides is 3. The summed E-state index contributed by atoms with van der Waals surface area (Å²) >= 11 is 0. The van der Waals surface area contributed by atoms with Crippen molar-refractivity contribution in [1.29, 1.82) is 0 Å². The van der Waals surface area contributed by atoms with Crippen LogP contribution in [0.4, 0.5) is 38.3 Å². The lowest BCUT2D eigenvalue weighted by molar-refractivity contribution is -0.140. The van der Waals surface area contributed by atoms with Gasteiger partial charge in [-0.3, -0.25) is 15.0 Å². The van der Waals surface area contributed by atoms with Gasteiger partial charge in [0.05, 0.1) is 48.1 Å². The van der Waals surface area contributed by atoms with Gasteiger partial charge in [-0.25, -0.2) is 13.6 Å². The highest BCUT2D eigenvalue weighted by atomic mass is 19.4. The van der Waals surface area contributed by atoms with Crippen molar-refractivity contribution in [3.05, 3.63) is 51.7 Å². The van der Waals surface area contributed by atoms with Crippen LogP contribution in [0.2, 0.25) is 0 Å². The molecular weight excluding hydrogens is 653 g/mol. The number of benzene rings is 1. The molecule has 4 N–H and O–H groups in total. The molecule has 0 aliphatic carbocycles. The number of rotatable bonds is 5. The van der Waals surface area contributed by atoms with E-state index < -0.39 is 63.5 Å². The first-order chi connectivity index (χ1) is 23.4. The van der Waals surface area contributed by atoms with Crippen LogP contribution in [0, 0.1) is 17.7 Å². The summed E-state index contributed by atoms with van der Waals surface area (Å²) < 4.78 is 84.8. The van der Waals surface area contributed by atoms with Gasteiger partial charge in [0.15, 0.2) is 5.82 Å². The minimum absolute atomic E-state index is 0.0559. The molecule has 1 spiro atoms. The molecule has 3 amide bonds. The number of nitrogen functional groups attached to an aromatic ring is 1. The smallest absolute Gasteiger partial charge is 0.418 e. The molecule has 7 rings (SSSR count). The number of nitrogens with zero attached hydrogens (tertiary/aromatic N) is 4. The van der Waals surface area contributed by atoms with E-state index in [0.29, 0.717) is 55.6 Å². The maximum Gasteiger partial charge on any atom is 0.418 e. The number of urea groups is 1. The van der Waals surface area contributed by atoms with E-state index in [2.05, 4.69) is 32.4 Å². The van der Waals surface area contributed by atoms with Crippen LogP contribution in [0.25, 0.3) is 0 Å². The summed E-state index contributed by atoms with van der Waals surface area (Å²) in [6, 6.07) is 0.181. The molecule has 5 aliphatic heterocycles. The Balaban J connectivity index is 1.28. The monoisotopic (exact) mass is 687 g/mol. The summed E-state index contributed by atoms with van der Waals surface area (Å²) in [7, 11) is 0. The number of piperidine rings is 1. The van der Waals surface area contributed by atoms with Crippen molar-refractivity contribution >= 4 is 23.4 Å². The molecule has 11 nitrogen and oxygen atoms in total. The van der Waals surface area contributed by atoms with E-state index in [-0.39, 0.29) is 37.9 Å². The summed E-state index contributed by atoms with van der Waals surface area (Å²) in [5, 5.41) is 5.01. The average molecular weight is 688 g/mol. The number of fused-ring (bicyclic) bond motifs is 2. The highest BCUT2D eigenvalue weighted by Crippen LogP contribution is 2.46. The van der Waals surface area contributed by atoms with Crippen LogP contribution in [-0.2, 0) is 28.7 Å². The minimum Gasteiger partial charge on any atom is -0.461 e. The quantitative estimate of drug-likeness (QED) is 0.184. The van der Waals surface area contributed by atoms with Crippen molar-refractivity contribution in [3.8, 4) is 17.9 Å². The number of anilines is 2. The van der Waals surface area contributed by atoms with Crippen molar-refractivity contribution in [2.45, 2.75) is 75.4 Å². The Labute approximate surface area is 278 Å². The topological polar surface area (TPSA) is 135 Å². The lowest BCUT2D eigenvalue weighted by Crippen LogP contribution is -2.59. The number of hydrogen-bond acceptors (Lipinski definition) is 9. The molecular formula is C33H34F5N7O4. The fourth-order valence-electron chi connectivity index (χ4n) is 7.99. The van der Waals surface area contributed by atoms with Gasteiger partial charge in [0.25, 0.3) is 5.91 Å². The zero-order valence-corrected chi connectivity index (χ0v) is 26.6. The standard InChI is InChI=1S/C33H34F5N7O4/c1-2-5-19-10-21(39)26(35)24(25(19)33(36,37)38)23-11-22-20(15-48-23)27(44-8-4-7-32(16-44)28(46)42-29(47)43-32)41-30(40-22)49-17-31-6-3-9-45(31)14-18(12-31)13-34/h10,13,23H,3-4,6-9,11-12,14-17,39H2,1H3,(H2,42,43,46,47)/b18-13+/t23-,31-,32-/m0/s1. The number of hydrogen-bond donors (Lipinski definition) is 3. The first-order valence-corrected chi connectivity index (χ1v) is 16.0. The van der Waals surface area contributed by atoms with E-state index in [1.165, 1.54) is 6.92 Å². The summed E-state index contributed by atoms with van der Waals surface area (Å²) in [4.78, 5) is 38.2. The second-order valence-electron chi connectivity index (χ2n) is 13.2. The van der Waals surface area contributed by atoms with Gasteiger partial charge >= 0.3 is 18.2 Å². The molecule has 5 aliphatic rings. The zero-order valence-electron chi connectivity index (χ0n) is 26.6. The zero-order chi connectivity index (χ0) is 34.7. The molecule has 6 heterocycles. The Morgan fingerprint density at radius 3 is 2.73 bits per heavy atom. The highest BCUT2D eigenvalue weighted by molar-refractivity contribution is 6.07.